The molecule has 0 amide bonds. The van der Waals surface area contributed by atoms with Crippen molar-refractivity contribution in [3.8, 4) is 17.0 Å². The van der Waals surface area contributed by atoms with Crippen LogP contribution >= 0.6 is 11.6 Å². The number of sulfonamides is 1. The fourth-order valence-electron chi connectivity index (χ4n) is 4.98. The summed E-state index contributed by atoms with van der Waals surface area (Å²) in [5.74, 6) is -1.45. The molecule has 9 nitrogen and oxygen atoms in total. The highest BCUT2D eigenvalue weighted by atomic mass is 35.5. The molecule has 2 aromatic carbocycles. The molecule has 40 heavy (non-hydrogen) atoms. The Morgan fingerprint density at radius 2 is 1.82 bits per heavy atom. The maximum atomic E-state index is 15.6. The summed E-state index contributed by atoms with van der Waals surface area (Å²) in [5, 5.41) is 10.1. The molecule has 0 radical (unpaired) electrons. The Labute approximate surface area is 236 Å². The Kier molecular flexibility index (Phi) is 8.11. The predicted octanol–water partition coefficient (Wildman–Crippen LogP) is 4.70. The summed E-state index contributed by atoms with van der Waals surface area (Å²) in [6.45, 7) is 0.415. The number of benzene rings is 2. The van der Waals surface area contributed by atoms with E-state index in [0.29, 0.717) is 30.3 Å². The van der Waals surface area contributed by atoms with E-state index in [1.54, 1.807) is 18.2 Å². The van der Waals surface area contributed by atoms with Crippen molar-refractivity contribution in [1.82, 2.24) is 20.9 Å². The average molecular weight is 591 g/mol. The lowest BCUT2D eigenvalue weighted by molar-refractivity contribution is 0.340. The van der Waals surface area contributed by atoms with E-state index in [9.17, 15) is 12.8 Å². The highest BCUT2D eigenvalue weighted by Crippen LogP contribution is 2.36. The highest BCUT2D eigenvalue weighted by molar-refractivity contribution is 7.92. The Bertz CT molecular complexity index is 1560. The molecule has 4 N–H and O–H groups in total. The quantitative estimate of drug-likeness (QED) is 0.315. The number of nitrogens with zero attached hydrogens (tertiary/aromatic N) is 2. The van der Waals surface area contributed by atoms with Crippen molar-refractivity contribution in [2.24, 2.45) is 4.99 Å². The van der Waals surface area contributed by atoms with Crippen molar-refractivity contribution in [2.75, 3.05) is 18.9 Å². The number of nitrogens with one attached hydrogen (secondary N) is 4. The highest BCUT2D eigenvalue weighted by Gasteiger charge is 2.26. The van der Waals surface area contributed by atoms with Crippen LogP contribution in [0.15, 0.2) is 52.5 Å². The number of rotatable bonds is 7. The third kappa shape index (κ3) is 5.84. The van der Waals surface area contributed by atoms with Crippen LogP contribution in [0.25, 0.3) is 11.1 Å². The number of methoxy groups -OCH3 is 1. The van der Waals surface area contributed by atoms with Crippen LogP contribution in [0.3, 0.4) is 0 Å². The van der Waals surface area contributed by atoms with Gasteiger partial charge in [0.15, 0.2) is 16.7 Å². The molecule has 212 valence electrons. The zero-order chi connectivity index (χ0) is 28.4. The van der Waals surface area contributed by atoms with Gasteiger partial charge in [-0.25, -0.2) is 27.2 Å². The van der Waals surface area contributed by atoms with E-state index in [2.05, 4.69) is 30.6 Å². The zero-order valence-corrected chi connectivity index (χ0v) is 23.5. The lowest BCUT2D eigenvalue weighted by Gasteiger charge is -2.31. The van der Waals surface area contributed by atoms with Crippen LogP contribution in [-0.2, 0) is 16.6 Å². The molecule has 0 saturated heterocycles. The SMILES string of the molecule is CN[C@H]1CC[C@H](NC2=Nc3ccc(-c4c(F)ccc(NS(=O)(=O)c5cc(Cl)cnc5OC)c4F)cc3CN2)CC1. The molecule has 2 aliphatic rings. The van der Waals surface area contributed by atoms with Crippen molar-refractivity contribution >= 4 is 39.0 Å². The largest absolute Gasteiger partial charge is 0.480 e. The summed E-state index contributed by atoms with van der Waals surface area (Å²) in [5.41, 5.74) is 0.879. The first-order valence-electron chi connectivity index (χ1n) is 12.8. The van der Waals surface area contributed by atoms with Crippen molar-refractivity contribution in [3.05, 3.63) is 64.8 Å². The smallest absolute Gasteiger partial charge is 0.267 e. The Morgan fingerprint density at radius 1 is 1.07 bits per heavy atom. The fourth-order valence-corrected chi connectivity index (χ4v) is 6.41. The molecule has 1 saturated carbocycles. The van der Waals surface area contributed by atoms with Gasteiger partial charge in [0.25, 0.3) is 10.0 Å². The number of pyridine rings is 1. The number of guanidine groups is 1. The van der Waals surface area contributed by atoms with Gasteiger partial charge < -0.3 is 20.7 Å². The lowest BCUT2D eigenvalue weighted by atomic mass is 9.91. The number of aliphatic imine (C=N–C) groups is 1. The molecule has 1 fully saturated rings. The van der Waals surface area contributed by atoms with E-state index in [1.165, 1.54) is 13.3 Å². The summed E-state index contributed by atoms with van der Waals surface area (Å²) < 4.78 is 63.8. The van der Waals surface area contributed by atoms with E-state index >= 15 is 4.39 Å². The Hall–Kier alpha value is -3.48. The van der Waals surface area contributed by atoms with Crippen LogP contribution in [0.2, 0.25) is 5.02 Å². The maximum Gasteiger partial charge on any atom is 0.267 e. The number of anilines is 1. The van der Waals surface area contributed by atoms with Gasteiger partial charge in [-0.3, -0.25) is 4.72 Å². The minimum atomic E-state index is -4.37. The third-order valence-corrected chi connectivity index (χ3v) is 8.69. The first-order chi connectivity index (χ1) is 19.2. The van der Waals surface area contributed by atoms with E-state index in [0.717, 1.165) is 49.4 Å². The molecule has 0 bridgehead atoms. The average Bonchev–Trinajstić information content (AvgIpc) is 2.95. The topological polar surface area (TPSA) is 117 Å². The molecule has 0 spiro atoms. The Balaban J connectivity index is 1.39. The number of ether oxygens (including phenoxy) is 1. The minimum absolute atomic E-state index is 0.0475. The van der Waals surface area contributed by atoms with Gasteiger partial charge >= 0.3 is 0 Å². The monoisotopic (exact) mass is 590 g/mol. The van der Waals surface area contributed by atoms with Gasteiger partial charge in [0.1, 0.15) is 5.82 Å². The van der Waals surface area contributed by atoms with Gasteiger partial charge in [-0.15, -0.1) is 0 Å². The summed E-state index contributed by atoms with van der Waals surface area (Å²) in [6.07, 6.45) is 5.49. The lowest BCUT2D eigenvalue weighted by Crippen LogP contribution is -2.47. The Morgan fingerprint density at radius 3 is 2.55 bits per heavy atom. The van der Waals surface area contributed by atoms with Gasteiger partial charge in [-0.2, -0.15) is 0 Å². The molecule has 1 aromatic heterocycles. The standard InChI is InChI=1S/C27H29ClF2N6O3S/c1-31-18-4-6-19(7-5-18)34-27-33-13-16-11-15(3-9-21(16)35-27)24-20(29)8-10-22(25(24)30)36-40(37,38)23-12-17(28)14-32-26(23)39-2/h3,8-12,14,18-19,31,36H,4-7,13H2,1-2H3,(H2,33,34,35)/t18-,19-. The van der Waals surface area contributed by atoms with Crippen LogP contribution in [-0.4, -0.2) is 45.6 Å². The molecule has 1 aliphatic carbocycles. The molecule has 5 rings (SSSR count). The molecule has 13 heteroatoms. The summed E-state index contributed by atoms with van der Waals surface area (Å²) in [6, 6.07) is 8.93. The molecule has 1 aliphatic heterocycles. The summed E-state index contributed by atoms with van der Waals surface area (Å²) in [4.78, 5) is 8.11. The van der Waals surface area contributed by atoms with Gasteiger partial charge in [0, 0.05) is 24.8 Å². The minimum Gasteiger partial charge on any atom is -0.480 e. The van der Waals surface area contributed by atoms with E-state index in [1.807, 2.05) is 7.05 Å². The number of hydrogen-bond donors (Lipinski definition) is 4. The molecule has 0 unspecified atom stereocenters. The zero-order valence-electron chi connectivity index (χ0n) is 21.9. The molecule has 2 heterocycles. The second kappa shape index (κ2) is 11.6. The van der Waals surface area contributed by atoms with Gasteiger partial charge in [0.05, 0.1) is 29.1 Å². The molecular formula is C27H29ClF2N6O3S. The first-order valence-corrected chi connectivity index (χ1v) is 14.6. The van der Waals surface area contributed by atoms with E-state index in [4.69, 9.17) is 16.3 Å². The maximum absolute atomic E-state index is 15.6. The van der Waals surface area contributed by atoms with E-state index in [-0.39, 0.29) is 26.9 Å². The number of hydrogen-bond acceptors (Lipinski definition) is 8. The van der Waals surface area contributed by atoms with Crippen LogP contribution < -0.4 is 25.4 Å². The third-order valence-electron chi connectivity index (χ3n) is 7.13. The van der Waals surface area contributed by atoms with Crippen molar-refractivity contribution in [2.45, 2.75) is 49.2 Å². The van der Waals surface area contributed by atoms with Gasteiger partial charge in [-0.05, 0) is 74.2 Å². The molecule has 0 atom stereocenters. The van der Waals surface area contributed by atoms with Crippen molar-refractivity contribution in [3.63, 3.8) is 0 Å². The van der Waals surface area contributed by atoms with Crippen LogP contribution in [0.1, 0.15) is 31.2 Å². The summed E-state index contributed by atoms with van der Waals surface area (Å²) in [7, 11) is -1.14. The summed E-state index contributed by atoms with van der Waals surface area (Å²) >= 11 is 5.91. The van der Waals surface area contributed by atoms with Crippen molar-refractivity contribution < 1.29 is 21.9 Å². The fraction of sp³-hybridized carbons (Fsp3) is 0.333. The first kappa shape index (κ1) is 28.1. The number of halogens is 3. The number of aromatic nitrogens is 1. The number of fused-ring (bicyclic) bond motifs is 1. The van der Waals surface area contributed by atoms with Crippen LogP contribution in [0.4, 0.5) is 20.2 Å². The second-order valence-corrected chi connectivity index (χ2v) is 11.8. The van der Waals surface area contributed by atoms with Crippen LogP contribution in [0, 0.1) is 11.6 Å². The molecular weight excluding hydrogens is 562 g/mol. The predicted molar refractivity (Wildman–Crippen MR) is 151 cm³/mol. The van der Waals surface area contributed by atoms with Crippen LogP contribution in [0.5, 0.6) is 5.88 Å². The van der Waals surface area contributed by atoms with Gasteiger partial charge in [-0.1, -0.05) is 17.7 Å². The molecule has 3 aromatic rings. The normalized spacial score (nSPS) is 18.8. The second-order valence-electron chi connectivity index (χ2n) is 9.69. The van der Waals surface area contributed by atoms with Gasteiger partial charge in [0.2, 0.25) is 5.88 Å². The van der Waals surface area contributed by atoms with Crippen molar-refractivity contribution in [1.29, 1.82) is 0 Å². The van der Waals surface area contributed by atoms with E-state index < -0.39 is 27.3 Å².